The van der Waals surface area contributed by atoms with Gasteiger partial charge in [0.25, 0.3) is 0 Å². The van der Waals surface area contributed by atoms with E-state index in [9.17, 15) is 0 Å². The fourth-order valence-corrected chi connectivity index (χ4v) is 2.84. The van der Waals surface area contributed by atoms with Gasteiger partial charge in [0, 0.05) is 16.0 Å². The molecule has 1 aliphatic rings. The van der Waals surface area contributed by atoms with Gasteiger partial charge >= 0.3 is 0 Å². The Kier molecular flexibility index (Phi) is 4.28. The summed E-state index contributed by atoms with van der Waals surface area (Å²) >= 11 is 9.65. The van der Waals surface area contributed by atoms with Gasteiger partial charge in [-0.3, -0.25) is 4.90 Å². The lowest BCUT2D eigenvalue weighted by atomic mass is 9.99. The molecule has 16 heavy (non-hydrogen) atoms. The van der Waals surface area contributed by atoms with Crippen molar-refractivity contribution >= 4 is 27.5 Å². The number of benzene rings is 1. The highest BCUT2D eigenvalue weighted by Gasteiger charge is 2.16. The van der Waals surface area contributed by atoms with Crippen LogP contribution in [0.4, 0.5) is 0 Å². The largest absolute Gasteiger partial charge is 0.299 e. The predicted octanol–water partition coefficient (Wildman–Crippen LogP) is 4.33. The van der Waals surface area contributed by atoms with Crippen molar-refractivity contribution in [1.82, 2.24) is 4.90 Å². The lowest BCUT2D eigenvalue weighted by Crippen LogP contribution is -2.32. The van der Waals surface area contributed by atoms with Gasteiger partial charge < -0.3 is 0 Å². The third-order valence-electron chi connectivity index (χ3n) is 3.29. The zero-order valence-corrected chi connectivity index (χ0v) is 11.9. The molecule has 1 aromatic rings. The highest BCUT2D eigenvalue weighted by molar-refractivity contribution is 9.10. The van der Waals surface area contributed by atoms with Crippen LogP contribution in [-0.4, -0.2) is 18.0 Å². The molecule has 2 rings (SSSR count). The van der Waals surface area contributed by atoms with Crippen LogP contribution < -0.4 is 0 Å². The summed E-state index contributed by atoms with van der Waals surface area (Å²) in [4.78, 5) is 2.50. The van der Waals surface area contributed by atoms with Crippen molar-refractivity contribution in [3.63, 3.8) is 0 Å². The van der Waals surface area contributed by atoms with Crippen LogP contribution in [0, 0.1) is 5.92 Å². The Hall–Kier alpha value is -0.0500. The fraction of sp³-hybridized carbons (Fsp3) is 0.538. The number of halogens is 2. The number of hydrogen-bond donors (Lipinski definition) is 0. The number of likely N-dealkylation sites (tertiary alicyclic amines) is 1. The van der Waals surface area contributed by atoms with Crippen molar-refractivity contribution in [2.45, 2.75) is 26.3 Å². The first-order valence-corrected chi connectivity index (χ1v) is 6.98. The van der Waals surface area contributed by atoms with Gasteiger partial charge in [0.1, 0.15) is 0 Å². The third kappa shape index (κ3) is 3.22. The molecular formula is C13H17BrClN. The highest BCUT2D eigenvalue weighted by Crippen LogP contribution is 2.24. The molecule has 1 aliphatic heterocycles. The van der Waals surface area contributed by atoms with E-state index in [2.05, 4.69) is 39.9 Å². The molecule has 1 fully saturated rings. The summed E-state index contributed by atoms with van der Waals surface area (Å²) in [5.41, 5.74) is 1.24. The minimum Gasteiger partial charge on any atom is -0.299 e. The molecule has 0 unspecified atom stereocenters. The zero-order valence-electron chi connectivity index (χ0n) is 9.55. The first-order chi connectivity index (χ1) is 7.65. The Morgan fingerprint density at radius 2 is 2.06 bits per heavy atom. The van der Waals surface area contributed by atoms with Gasteiger partial charge in [0.05, 0.1) is 0 Å². The average Bonchev–Trinajstić information content (AvgIpc) is 2.25. The van der Waals surface area contributed by atoms with E-state index >= 15 is 0 Å². The molecule has 0 amide bonds. The summed E-state index contributed by atoms with van der Waals surface area (Å²) in [7, 11) is 0. The van der Waals surface area contributed by atoms with Gasteiger partial charge in [-0.2, -0.15) is 0 Å². The topological polar surface area (TPSA) is 3.24 Å². The maximum atomic E-state index is 6.22. The second-order valence-electron chi connectivity index (χ2n) is 4.69. The van der Waals surface area contributed by atoms with Crippen molar-refractivity contribution in [3.8, 4) is 0 Å². The maximum absolute atomic E-state index is 6.22. The van der Waals surface area contributed by atoms with Gasteiger partial charge in [-0.15, -0.1) is 0 Å². The molecule has 1 aromatic carbocycles. The molecule has 0 atom stereocenters. The molecule has 0 spiro atoms. The van der Waals surface area contributed by atoms with Crippen LogP contribution in [0.3, 0.4) is 0 Å². The van der Waals surface area contributed by atoms with E-state index in [-0.39, 0.29) is 0 Å². The quantitative estimate of drug-likeness (QED) is 0.786. The molecule has 3 heteroatoms. The summed E-state index contributed by atoms with van der Waals surface area (Å²) in [5.74, 6) is 0.886. The standard InChI is InChI=1S/C13H17BrClN/c1-10-4-6-16(7-5-10)9-11-2-3-12(14)8-13(11)15/h2-3,8,10H,4-7,9H2,1H3. The van der Waals surface area contributed by atoms with E-state index in [1.54, 1.807) is 0 Å². The monoisotopic (exact) mass is 301 g/mol. The summed E-state index contributed by atoms with van der Waals surface area (Å²) < 4.78 is 1.05. The molecule has 1 nitrogen and oxygen atoms in total. The third-order valence-corrected chi connectivity index (χ3v) is 4.13. The molecular weight excluding hydrogens is 286 g/mol. The first kappa shape index (κ1) is 12.4. The SMILES string of the molecule is CC1CCN(Cc2ccc(Br)cc2Cl)CC1. The van der Waals surface area contributed by atoms with E-state index in [1.165, 1.54) is 31.5 Å². The molecule has 0 N–H and O–H groups in total. The molecule has 1 heterocycles. The van der Waals surface area contributed by atoms with Crippen LogP contribution >= 0.6 is 27.5 Å². The molecule has 0 aliphatic carbocycles. The van der Waals surface area contributed by atoms with E-state index in [1.807, 2.05) is 6.07 Å². The minimum absolute atomic E-state index is 0.869. The van der Waals surface area contributed by atoms with E-state index in [0.29, 0.717) is 0 Å². The summed E-state index contributed by atoms with van der Waals surface area (Å²) in [6.45, 7) is 5.73. The second-order valence-corrected chi connectivity index (χ2v) is 6.02. The average molecular weight is 303 g/mol. The van der Waals surface area contributed by atoms with Crippen molar-refractivity contribution in [2.24, 2.45) is 5.92 Å². The number of hydrogen-bond acceptors (Lipinski definition) is 1. The molecule has 0 radical (unpaired) electrons. The van der Waals surface area contributed by atoms with Crippen LogP contribution in [0.5, 0.6) is 0 Å². The Labute approximate surface area is 111 Å². The Morgan fingerprint density at radius 3 is 2.69 bits per heavy atom. The Bertz CT molecular complexity index is 359. The Balaban J connectivity index is 1.98. The van der Waals surface area contributed by atoms with E-state index < -0.39 is 0 Å². The smallest absolute Gasteiger partial charge is 0.0462 e. The molecule has 88 valence electrons. The molecule has 1 saturated heterocycles. The van der Waals surface area contributed by atoms with Gasteiger partial charge in [-0.25, -0.2) is 0 Å². The van der Waals surface area contributed by atoms with Gasteiger partial charge in [0.15, 0.2) is 0 Å². The van der Waals surface area contributed by atoms with Crippen molar-refractivity contribution in [1.29, 1.82) is 0 Å². The lowest BCUT2D eigenvalue weighted by molar-refractivity contribution is 0.185. The maximum Gasteiger partial charge on any atom is 0.0462 e. The highest BCUT2D eigenvalue weighted by atomic mass is 79.9. The zero-order chi connectivity index (χ0) is 11.5. The van der Waals surface area contributed by atoms with E-state index in [4.69, 9.17) is 11.6 Å². The summed E-state index contributed by atoms with van der Waals surface area (Å²) in [6.07, 6.45) is 2.63. The summed E-state index contributed by atoms with van der Waals surface area (Å²) in [6, 6.07) is 6.15. The predicted molar refractivity (Wildman–Crippen MR) is 72.8 cm³/mol. The Morgan fingerprint density at radius 1 is 1.38 bits per heavy atom. The molecule has 0 saturated carbocycles. The second kappa shape index (κ2) is 5.52. The summed E-state index contributed by atoms with van der Waals surface area (Å²) in [5, 5.41) is 0.869. The first-order valence-electron chi connectivity index (χ1n) is 5.81. The number of rotatable bonds is 2. The number of nitrogens with zero attached hydrogens (tertiary/aromatic N) is 1. The van der Waals surface area contributed by atoms with Crippen LogP contribution in [0.25, 0.3) is 0 Å². The van der Waals surface area contributed by atoms with Crippen molar-refractivity contribution in [3.05, 3.63) is 33.3 Å². The van der Waals surface area contributed by atoms with Gasteiger partial charge in [-0.1, -0.05) is 40.5 Å². The minimum atomic E-state index is 0.869. The van der Waals surface area contributed by atoms with Crippen molar-refractivity contribution < 1.29 is 0 Å². The van der Waals surface area contributed by atoms with Crippen LogP contribution in [0.2, 0.25) is 5.02 Å². The number of piperidine rings is 1. The van der Waals surface area contributed by atoms with Crippen LogP contribution in [0.15, 0.2) is 22.7 Å². The fourth-order valence-electron chi connectivity index (χ4n) is 2.11. The van der Waals surface area contributed by atoms with Gasteiger partial charge in [-0.05, 0) is 49.5 Å². The molecule has 0 bridgehead atoms. The van der Waals surface area contributed by atoms with Crippen LogP contribution in [-0.2, 0) is 6.54 Å². The van der Waals surface area contributed by atoms with E-state index in [0.717, 1.165) is 22.0 Å². The normalized spacial score (nSPS) is 18.9. The van der Waals surface area contributed by atoms with Crippen LogP contribution in [0.1, 0.15) is 25.3 Å². The lowest BCUT2D eigenvalue weighted by Gasteiger charge is -2.30. The van der Waals surface area contributed by atoms with Crippen molar-refractivity contribution in [2.75, 3.05) is 13.1 Å². The van der Waals surface area contributed by atoms with Gasteiger partial charge in [0.2, 0.25) is 0 Å². The molecule has 0 aromatic heterocycles.